The van der Waals surface area contributed by atoms with Crippen molar-refractivity contribution >= 4 is 29.3 Å². The van der Waals surface area contributed by atoms with Gasteiger partial charge in [0.05, 0.1) is 10.0 Å². The molecule has 0 fully saturated rings. The van der Waals surface area contributed by atoms with E-state index >= 15 is 0 Å². The fourth-order valence-corrected chi connectivity index (χ4v) is 3.01. The van der Waals surface area contributed by atoms with Crippen LogP contribution in [-0.2, 0) is 6.54 Å². The Morgan fingerprint density at radius 2 is 1.78 bits per heavy atom. The van der Waals surface area contributed by atoms with Gasteiger partial charge in [-0.2, -0.15) is 0 Å². The fourth-order valence-electron chi connectivity index (χ4n) is 2.69. The van der Waals surface area contributed by atoms with Crippen molar-refractivity contribution in [1.82, 2.24) is 4.90 Å². The summed E-state index contributed by atoms with van der Waals surface area (Å²) in [5.41, 5.74) is 3.85. The third-order valence-electron chi connectivity index (χ3n) is 4.01. The third kappa shape index (κ3) is 4.71. The molecule has 0 radical (unpaired) electrons. The highest BCUT2D eigenvalue weighted by Gasteiger charge is 2.11. The number of rotatable bonds is 4. The first kappa shape index (κ1) is 16.3. The highest BCUT2D eigenvalue weighted by molar-refractivity contribution is 6.42. The Morgan fingerprint density at radius 3 is 2.48 bits per heavy atom. The summed E-state index contributed by atoms with van der Waals surface area (Å²) in [7, 11) is 0. The van der Waals surface area contributed by atoms with Gasteiger partial charge in [-0.3, -0.25) is 4.90 Å². The fraction of sp³-hybridized carbons (Fsp3) is 0.200. The molecule has 3 rings (SSSR count). The van der Waals surface area contributed by atoms with Crippen LogP contribution in [0.2, 0.25) is 10.0 Å². The van der Waals surface area contributed by atoms with Gasteiger partial charge in [0.2, 0.25) is 0 Å². The lowest BCUT2D eigenvalue weighted by Crippen LogP contribution is -2.28. The lowest BCUT2D eigenvalue weighted by molar-refractivity contribution is 0.287. The summed E-state index contributed by atoms with van der Waals surface area (Å²) < 4.78 is 0. The molecule has 0 N–H and O–H groups in total. The monoisotopic (exact) mass is 343 g/mol. The summed E-state index contributed by atoms with van der Waals surface area (Å²) in [5.74, 6) is 0. The first-order valence-corrected chi connectivity index (χ1v) is 8.55. The van der Waals surface area contributed by atoms with E-state index in [-0.39, 0.29) is 0 Å². The first-order valence-electron chi connectivity index (χ1n) is 7.79. The average Bonchev–Trinajstić information content (AvgIpc) is 2.58. The number of halogens is 2. The Hall–Kier alpha value is -1.54. The van der Waals surface area contributed by atoms with Crippen LogP contribution in [0.1, 0.15) is 17.5 Å². The molecule has 2 aromatic carbocycles. The molecule has 0 aromatic heterocycles. The van der Waals surface area contributed by atoms with E-state index in [1.807, 2.05) is 24.3 Å². The number of nitrogens with zero attached hydrogens (tertiary/aromatic N) is 1. The van der Waals surface area contributed by atoms with E-state index < -0.39 is 0 Å². The molecule has 3 heteroatoms. The largest absolute Gasteiger partial charge is 0.295 e. The number of allylic oxidation sites excluding steroid dienone is 1. The number of benzene rings is 2. The molecule has 0 aliphatic carbocycles. The summed E-state index contributed by atoms with van der Waals surface area (Å²) in [5, 5.41) is 1.24. The third-order valence-corrected chi connectivity index (χ3v) is 4.75. The van der Waals surface area contributed by atoms with E-state index in [1.165, 1.54) is 16.7 Å². The molecular formula is C20H19Cl2N. The molecule has 2 aromatic rings. The van der Waals surface area contributed by atoms with Crippen LogP contribution in [0.4, 0.5) is 0 Å². The van der Waals surface area contributed by atoms with Crippen molar-refractivity contribution in [2.24, 2.45) is 0 Å². The van der Waals surface area contributed by atoms with Crippen LogP contribution in [0.15, 0.2) is 66.3 Å². The second kappa shape index (κ2) is 7.83. The van der Waals surface area contributed by atoms with Gasteiger partial charge in [-0.05, 0) is 35.3 Å². The van der Waals surface area contributed by atoms with Gasteiger partial charge in [0.15, 0.2) is 0 Å². The van der Waals surface area contributed by atoms with Crippen molar-refractivity contribution in [3.63, 3.8) is 0 Å². The Bertz CT molecular complexity index is 720. The summed E-state index contributed by atoms with van der Waals surface area (Å²) >= 11 is 12.0. The van der Waals surface area contributed by atoms with Crippen molar-refractivity contribution < 1.29 is 0 Å². The van der Waals surface area contributed by atoms with Gasteiger partial charge in [-0.15, -0.1) is 0 Å². The molecule has 0 amide bonds. The standard InChI is InChI=1S/C20H19Cl2N/c21-19-9-8-18(14-20(19)22)15-23-12-10-17(11-13-23)7-6-16-4-2-1-3-5-16/h1-10,14H,11-13,15H2. The van der Waals surface area contributed by atoms with Gasteiger partial charge < -0.3 is 0 Å². The highest BCUT2D eigenvalue weighted by Crippen LogP contribution is 2.24. The smallest absolute Gasteiger partial charge is 0.0595 e. The maximum atomic E-state index is 6.08. The van der Waals surface area contributed by atoms with E-state index in [2.05, 4.69) is 47.4 Å². The van der Waals surface area contributed by atoms with Crippen LogP contribution in [-0.4, -0.2) is 18.0 Å². The molecule has 1 nitrogen and oxygen atoms in total. The quantitative estimate of drug-likeness (QED) is 0.674. The number of hydrogen-bond acceptors (Lipinski definition) is 1. The molecule has 0 spiro atoms. The van der Waals surface area contributed by atoms with Gasteiger partial charge in [0, 0.05) is 19.6 Å². The minimum Gasteiger partial charge on any atom is -0.295 e. The van der Waals surface area contributed by atoms with E-state index in [4.69, 9.17) is 23.2 Å². The lowest BCUT2D eigenvalue weighted by atomic mass is 10.1. The summed E-state index contributed by atoms with van der Waals surface area (Å²) in [6, 6.07) is 16.3. The Kier molecular flexibility index (Phi) is 5.56. The molecule has 0 unspecified atom stereocenters. The van der Waals surface area contributed by atoms with Gasteiger partial charge in [0.1, 0.15) is 0 Å². The molecule has 1 heterocycles. The molecule has 23 heavy (non-hydrogen) atoms. The minimum absolute atomic E-state index is 0.613. The van der Waals surface area contributed by atoms with Crippen molar-refractivity contribution in [2.75, 3.05) is 13.1 Å². The summed E-state index contributed by atoms with van der Waals surface area (Å²) in [6.07, 6.45) is 7.79. The van der Waals surface area contributed by atoms with Crippen LogP contribution in [0.3, 0.4) is 0 Å². The average molecular weight is 344 g/mol. The van der Waals surface area contributed by atoms with Crippen molar-refractivity contribution in [1.29, 1.82) is 0 Å². The Morgan fingerprint density at radius 1 is 0.957 bits per heavy atom. The summed E-state index contributed by atoms with van der Waals surface area (Å²) in [6.45, 7) is 2.93. The van der Waals surface area contributed by atoms with Gasteiger partial charge in [-0.1, -0.05) is 77.8 Å². The minimum atomic E-state index is 0.613. The van der Waals surface area contributed by atoms with Crippen LogP contribution in [0, 0.1) is 0 Å². The Labute approximate surface area is 147 Å². The van der Waals surface area contributed by atoms with E-state index in [1.54, 1.807) is 0 Å². The second-order valence-electron chi connectivity index (χ2n) is 5.76. The first-order chi connectivity index (χ1) is 11.2. The predicted molar refractivity (Wildman–Crippen MR) is 99.9 cm³/mol. The molecule has 0 bridgehead atoms. The van der Waals surface area contributed by atoms with E-state index in [0.29, 0.717) is 10.0 Å². The zero-order valence-electron chi connectivity index (χ0n) is 12.9. The van der Waals surface area contributed by atoms with Crippen molar-refractivity contribution in [3.05, 3.63) is 87.4 Å². The van der Waals surface area contributed by atoms with Crippen LogP contribution in [0.25, 0.3) is 6.08 Å². The van der Waals surface area contributed by atoms with Crippen molar-refractivity contribution in [2.45, 2.75) is 13.0 Å². The van der Waals surface area contributed by atoms with Crippen LogP contribution in [0.5, 0.6) is 0 Å². The maximum Gasteiger partial charge on any atom is 0.0595 e. The second-order valence-corrected chi connectivity index (χ2v) is 6.57. The lowest BCUT2D eigenvalue weighted by Gasteiger charge is -2.25. The van der Waals surface area contributed by atoms with Crippen LogP contribution < -0.4 is 0 Å². The molecule has 0 atom stereocenters. The van der Waals surface area contributed by atoms with Crippen molar-refractivity contribution in [3.8, 4) is 0 Å². The molecule has 0 saturated heterocycles. The SMILES string of the molecule is Clc1ccc(CN2CC=C(C=Cc3ccccc3)CC2)cc1Cl. The maximum absolute atomic E-state index is 6.08. The number of hydrogen-bond donors (Lipinski definition) is 0. The van der Waals surface area contributed by atoms with Gasteiger partial charge in [-0.25, -0.2) is 0 Å². The normalized spacial score (nSPS) is 15.8. The topological polar surface area (TPSA) is 3.24 Å². The summed E-state index contributed by atoms with van der Waals surface area (Å²) in [4.78, 5) is 2.42. The zero-order chi connectivity index (χ0) is 16.1. The predicted octanol–water partition coefficient (Wildman–Crippen LogP) is 5.84. The molecule has 1 aliphatic rings. The zero-order valence-corrected chi connectivity index (χ0v) is 14.4. The van der Waals surface area contributed by atoms with Gasteiger partial charge in [0.25, 0.3) is 0 Å². The van der Waals surface area contributed by atoms with E-state index in [0.717, 1.165) is 26.1 Å². The van der Waals surface area contributed by atoms with Crippen LogP contribution >= 0.6 is 23.2 Å². The molecule has 1 aliphatic heterocycles. The highest BCUT2D eigenvalue weighted by atomic mass is 35.5. The van der Waals surface area contributed by atoms with E-state index in [9.17, 15) is 0 Å². The molecular weight excluding hydrogens is 325 g/mol. The molecule has 0 saturated carbocycles. The molecule has 118 valence electrons. The Balaban J connectivity index is 1.57. The van der Waals surface area contributed by atoms with Gasteiger partial charge >= 0.3 is 0 Å².